The lowest BCUT2D eigenvalue weighted by molar-refractivity contribution is -0.115. The summed E-state index contributed by atoms with van der Waals surface area (Å²) >= 11 is 0. The highest BCUT2D eigenvalue weighted by Gasteiger charge is 2.15. The van der Waals surface area contributed by atoms with Crippen LogP contribution in [0.3, 0.4) is 0 Å². The summed E-state index contributed by atoms with van der Waals surface area (Å²) in [5, 5.41) is 10.0. The van der Waals surface area contributed by atoms with Crippen LogP contribution in [0.1, 0.15) is 43.4 Å². The molecule has 1 fully saturated rings. The average molecular weight is 299 g/mol. The van der Waals surface area contributed by atoms with Crippen molar-refractivity contribution in [1.82, 2.24) is 20.2 Å². The molecule has 2 aromatic heterocycles. The van der Waals surface area contributed by atoms with Gasteiger partial charge in [-0.15, -0.1) is 0 Å². The van der Waals surface area contributed by atoms with Crippen LogP contribution in [0.25, 0.3) is 0 Å². The van der Waals surface area contributed by atoms with Crippen LogP contribution in [0.5, 0.6) is 0 Å². The SMILES string of the molecule is O=C(Cc1cncnc1)Nc1cc(CC2CCCCC2)[nH]n1. The zero-order chi connectivity index (χ0) is 15.2. The molecule has 1 amide bonds. The van der Waals surface area contributed by atoms with Gasteiger partial charge >= 0.3 is 0 Å². The lowest BCUT2D eigenvalue weighted by Gasteiger charge is -2.20. The molecule has 1 aliphatic carbocycles. The van der Waals surface area contributed by atoms with E-state index >= 15 is 0 Å². The van der Waals surface area contributed by atoms with Gasteiger partial charge in [-0.3, -0.25) is 9.89 Å². The van der Waals surface area contributed by atoms with Gasteiger partial charge in [-0.1, -0.05) is 32.1 Å². The number of hydrogen-bond acceptors (Lipinski definition) is 4. The number of carbonyl (C=O) groups excluding carboxylic acids is 1. The molecule has 0 unspecified atom stereocenters. The number of H-pyrrole nitrogens is 1. The predicted octanol–water partition coefficient (Wildman–Crippen LogP) is 2.50. The number of aromatic amines is 1. The van der Waals surface area contributed by atoms with Gasteiger partial charge in [0.15, 0.2) is 5.82 Å². The molecular weight excluding hydrogens is 278 g/mol. The lowest BCUT2D eigenvalue weighted by atomic mass is 9.86. The average Bonchev–Trinajstić information content (AvgIpc) is 2.96. The number of nitrogens with one attached hydrogen (secondary N) is 2. The van der Waals surface area contributed by atoms with Gasteiger partial charge in [-0.25, -0.2) is 9.97 Å². The maximum atomic E-state index is 12.0. The molecule has 0 saturated heterocycles. The molecule has 0 spiro atoms. The fourth-order valence-corrected chi connectivity index (χ4v) is 3.03. The Morgan fingerprint density at radius 3 is 2.77 bits per heavy atom. The first-order chi connectivity index (χ1) is 10.8. The van der Waals surface area contributed by atoms with Gasteiger partial charge < -0.3 is 5.32 Å². The van der Waals surface area contributed by atoms with Gasteiger partial charge in [-0.05, 0) is 17.9 Å². The van der Waals surface area contributed by atoms with Crippen molar-refractivity contribution in [3.8, 4) is 0 Å². The summed E-state index contributed by atoms with van der Waals surface area (Å²) in [6.45, 7) is 0. The predicted molar refractivity (Wildman–Crippen MR) is 83.2 cm³/mol. The third-order valence-corrected chi connectivity index (χ3v) is 4.11. The lowest BCUT2D eigenvalue weighted by Crippen LogP contribution is -2.14. The second-order valence-electron chi connectivity index (χ2n) is 5.96. The summed E-state index contributed by atoms with van der Waals surface area (Å²) in [5.74, 6) is 1.23. The maximum Gasteiger partial charge on any atom is 0.230 e. The summed E-state index contributed by atoms with van der Waals surface area (Å²) in [6, 6.07) is 1.94. The summed E-state index contributed by atoms with van der Waals surface area (Å²) in [5.41, 5.74) is 1.89. The topological polar surface area (TPSA) is 83.6 Å². The number of carbonyl (C=O) groups is 1. The molecule has 22 heavy (non-hydrogen) atoms. The fraction of sp³-hybridized carbons (Fsp3) is 0.500. The Bertz CT molecular complexity index is 604. The second kappa shape index (κ2) is 7.15. The number of hydrogen-bond donors (Lipinski definition) is 2. The minimum atomic E-state index is -0.106. The Morgan fingerprint density at radius 2 is 2.00 bits per heavy atom. The van der Waals surface area contributed by atoms with Crippen molar-refractivity contribution in [2.75, 3.05) is 5.32 Å². The molecule has 116 valence electrons. The molecule has 0 bridgehead atoms. The van der Waals surface area contributed by atoms with Gasteiger partial charge in [0.05, 0.1) is 6.42 Å². The highest BCUT2D eigenvalue weighted by Crippen LogP contribution is 2.26. The van der Waals surface area contributed by atoms with Crippen molar-refractivity contribution >= 4 is 11.7 Å². The monoisotopic (exact) mass is 299 g/mol. The first-order valence-corrected chi connectivity index (χ1v) is 7.87. The van der Waals surface area contributed by atoms with Gasteiger partial charge in [0.1, 0.15) is 6.33 Å². The van der Waals surface area contributed by atoms with E-state index in [2.05, 4.69) is 25.5 Å². The van der Waals surface area contributed by atoms with Crippen molar-refractivity contribution in [2.24, 2.45) is 5.92 Å². The van der Waals surface area contributed by atoms with E-state index in [0.29, 0.717) is 5.82 Å². The molecule has 2 N–H and O–H groups in total. The van der Waals surface area contributed by atoms with Crippen LogP contribution in [0.15, 0.2) is 24.8 Å². The van der Waals surface area contributed by atoms with Crippen LogP contribution in [0.2, 0.25) is 0 Å². The normalized spacial score (nSPS) is 15.6. The van der Waals surface area contributed by atoms with E-state index in [4.69, 9.17) is 0 Å². The summed E-state index contributed by atoms with van der Waals surface area (Å²) < 4.78 is 0. The highest BCUT2D eigenvalue weighted by molar-refractivity contribution is 5.91. The number of nitrogens with zero attached hydrogens (tertiary/aromatic N) is 3. The van der Waals surface area contributed by atoms with E-state index in [-0.39, 0.29) is 12.3 Å². The first-order valence-electron chi connectivity index (χ1n) is 7.87. The van der Waals surface area contributed by atoms with Crippen molar-refractivity contribution in [2.45, 2.75) is 44.9 Å². The standard InChI is InChI=1S/C16H21N5O/c22-16(7-13-9-17-11-18-10-13)19-15-8-14(20-21-15)6-12-4-2-1-3-5-12/h8-12H,1-7H2,(H2,19,20,21,22). The second-order valence-corrected chi connectivity index (χ2v) is 5.96. The van der Waals surface area contributed by atoms with Gasteiger partial charge in [0.2, 0.25) is 5.91 Å². The molecule has 6 nitrogen and oxygen atoms in total. The molecule has 2 heterocycles. The summed E-state index contributed by atoms with van der Waals surface area (Å²) in [7, 11) is 0. The minimum absolute atomic E-state index is 0.106. The molecule has 3 rings (SSSR count). The zero-order valence-corrected chi connectivity index (χ0v) is 12.6. The molecule has 1 aliphatic rings. The number of aromatic nitrogens is 4. The molecular formula is C16H21N5O. The largest absolute Gasteiger partial charge is 0.309 e. The van der Waals surface area contributed by atoms with Crippen molar-refractivity contribution in [3.05, 3.63) is 36.0 Å². The number of amides is 1. The van der Waals surface area contributed by atoms with E-state index in [1.54, 1.807) is 12.4 Å². The summed E-state index contributed by atoms with van der Waals surface area (Å²) in [6.07, 6.45) is 12.7. The molecule has 6 heteroatoms. The van der Waals surface area contributed by atoms with Crippen LogP contribution >= 0.6 is 0 Å². The number of anilines is 1. The molecule has 0 aromatic carbocycles. The van der Waals surface area contributed by atoms with Crippen LogP contribution in [-0.4, -0.2) is 26.1 Å². The van der Waals surface area contributed by atoms with Crippen LogP contribution in [0, 0.1) is 5.92 Å². The minimum Gasteiger partial charge on any atom is -0.309 e. The van der Waals surface area contributed by atoms with Crippen LogP contribution < -0.4 is 5.32 Å². The van der Waals surface area contributed by atoms with E-state index < -0.39 is 0 Å². The zero-order valence-electron chi connectivity index (χ0n) is 12.6. The van der Waals surface area contributed by atoms with Gasteiger partial charge in [-0.2, -0.15) is 5.10 Å². The Hall–Kier alpha value is -2.24. The van der Waals surface area contributed by atoms with Gasteiger partial charge in [0.25, 0.3) is 0 Å². The Kier molecular flexibility index (Phi) is 4.78. The Balaban J connectivity index is 1.51. The third-order valence-electron chi connectivity index (χ3n) is 4.11. The molecule has 0 radical (unpaired) electrons. The Labute approximate surface area is 129 Å². The van der Waals surface area contributed by atoms with Gasteiger partial charge in [0, 0.05) is 24.2 Å². The molecule has 0 aliphatic heterocycles. The van der Waals surface area contributed by atoms with Crippen LogP contribution in [0.4, 0.5) is 5.82 Å². The van der Waals surface area contributed by atoms with E-state index in [1.165, 1.54) is 38.4 Å². The smallest absolute Gasteiger partial charge is 0.230 e. The highest BCUT2D eigenvalue weighted by atomic mass is 16.1. The molecule has 0 atom stereocenters. The molecule has 2 aromatic rings. The molecule has 1 saturated carbocycles. The van der Waals surface area contributed by atoms with Crippen LogP contribution in [-0.2, 0) is 17.6 Å². The summed E-state index contributed by atoms with van der Waals surface area (Å²) in [4.78, 5) is 19.8. The van der Waals surface area contributed by atoms with E-state index in [9.17, 15) is 4.79 Å². The Morgan fingerprint density at radius 1 is 1.23 bits per heavy atom. The van der Waals surface area contributed by atoms with Crippen molar-refractivity contribution < 1.29 is 4.79 Å². The first kappa shape index (κ1) is 14.7. The fourth-order valence-electron chi connectivity index (χ4n) is 3.03. The maximum absolute atomic E-state index is 12.0. The quantitative estimate of drug-likeness (QED) is 0.888. The van der Waals surface area contributed by atoms with E-state index in [0.717, 1.165) is 23.6 Å². The van der Waals surface area contributed by atoms with E-state index in [1.807, 2.05) is 6.07 Å². The van der Waals surface area contributed by atoms with Crippen molar-refractivity contribution in [3.63, 3.8) is 0 Å². The van der Waals surface area contributed by atoms with Crippen molar-refractivity contribution in [1.29, 1.82) is 0 Å². The number of rotatable bonds is 5. The third kappa shape index (κ3) is 4.13.